The third-order valence-electron chi connectivity index (χ3n) is 4.14. The van der Waals surface area contributed by atoms with E-state index in [0.717, 1.165) is 21.8 Å². The lowest BCUT2D eigenvalue weighted by atomic mass is 10.1. The van der Waals surface area contributed by atoms with E-state index in [0.29, 0.717) is 21.3 Å². The minimum Gasteiger partial charge on any atom is -0.322 e. The predicted octanol–water partition coefficient (Wildman–Crippen LogP) is 7.04. The van der Waals surface area contributed by atoms with Crippen molar-refractivity contribution in [2.24, 2.45) is 0 Å². The quantitative estimate of drug-likeness (QED) is 0.381. The van der Waals surface area contributed by atoms with E-state index in [1.54, 1.807) is 29.5 Å². The van der Waals surface area contributed by atoms with Gasteiger partial charge in [-0.2, -0.15) is 0 Å². The maximum absolute atomic E-state index is 12.4. The molecule has 138 valence electrons. The van der Waals surface area contributed by atoms with Crippen LogP contribution in [0.4, 0.5) is 5.69 Å². The van der Waals surface area contributed by atoms with Crippen molar-refractivity contribution in [3.05, 3.63) is 93.8 Å². The molecule has 4 aromatic rings. The molecule has 1 heterocycles. The van der Waals surface area contributed by atoms with E-state index in [9.17, 15) is 4.79 Å². The minimum atomic E-state index is -0.283. The third-order valence-corrected chi connectivity index (χ3v) is 5.58. The van der Waals surface area contributed by atoms with Crippen LogP contribution in [0.2, 0.25) is 10.0 Å². The molecule has 0 bridgehead atoms. The maximum atomic E-state index is 12.4. The first-order chi connectivity index (χ1) is 13.6. The van der Waals surface area contributed by atoms with E-state index in [4.69, 9.17) is 28.2 Å². The first-order valence-electron chi connectivity index (χ1n) is 8.48. The number of carbonyl (C=O) groups excluding carboxylic acids is 1. The highest BCUT2D eigenvalue weighted by Gasteiger charge is 2.12. The Bertz CT molecular complexity index is 1130. The summed E-state index contributed by atoms with van der Waals surface area (Å²) in [5.74, 6) is -0.283. The number of thiazole rings is 1. The van der Waals surface area contributed by atoms with Crippen molar-refractivity contribution in [3.63, 3.8) is 0 Å². The average molecular weight is 425 g/mol. The van der Waals surface area contributed by atoms with Crippen molar-refractivity contribution in [1.29, 1.82) is 0 Å². The SMILES string of the molecule is O=C(Nc1ccc(-c2csc(-c3ccccc3)n2)cc1)c1ccc(Cl)cc1Cl. The summed E-state index contributed by atoms with van der Waals surface area (Å²) in [4.78, 5) is 17.1. The first kappa shape index (κ1) is 18.7. The number of carbonyl (C=O) groups is 1. The fourth-order valence-electron chi connectivity index (χ4n) is 2.72. The van der Waals surface area contributed by atoms with Gasteiger partial charge >= 0.3 is 0 Å². The molecule has 0 saturated heterocycles. The molecule has 3 nitrogen and oxygen atoms in total. The van der Waals surface area contributed by atoms with Gasteiger partial charge in [0.2, 0.25) is 0 Å². The van der Waals surface area contributed by atoms with Crippen molar-refractivity contribution < 1.29 is 4.79 Å². The molecule has 0 aliphatic heterocycles. The number of hydrogen-bond donors (Lipinski definition) is 1. The minimum absolute atomic E-state index is 0.283. The predicted molar refractivity (Wildman–Crippen MR) is 117 cm³/mol. The Morgan fingerprint density at radius 3 is 2.36 bits per heavy atom. The molecule has 0 aliphatic rings. The largest absolute Gasteiger partial charge is 0.322 e. The van der Waals surface area contributed by atoms with E-state index in [1.807, 2.05) is 60.0 Å². The first-order valence-corrected chi connectivity index (χ1v) is 10.1. The molecule has 0 atom stereocenters. The lowest BCUT2D eigenvalue weighted by Crippen LogP contribution is -2.12. The van der Waals surface area contributed by atoms with Crippen molar-refractivity contribution in [3.8, 4) is 21.8 Å². The Hall–Kier alpha value is -2.66. The number of hydrogen-bond acceptors (Lipinski definition) is 3. The van der Waals surface area contributed by atoms with Crippen LogP contribution in [-0.2, 0) is 0 Å². The van der Waals surface area contributed by atoms with Crippen LogP contribution in [0.1, 0.15) is 10.4 Å². The number of amides is 1. The Labute approximate surface area is 176 Å². The van der Waals surface area contributed by atoms with Crippen molar-refractivity contribution in [2.75, 3.05) is 5.32 Å². The standard InChI is InChI=1S/C22H14Cl2N2OS/c23-16-8-11-18(19(24)12-16)21(27)25-17-9-6-14(7-10-17)20-13-28-22(26-20)15-4-2-1-3-5-15/h1-13H,(H,25,27). The molecular weight excluding hydrogens is 411 g/mol. The van der Waals surface area contributed by atoms with Gasteiger partial charge in [0.1, 0.15) is 5.01 Å². The number of nitrogens with one attached hydrogen (secondary N) is 1. The van der Waals surface area contributed by atoms with Crippen LogP contribution >= 0.6 is 34.5 Å². The second-order valence-electron chi connectivity index (χ2n) is 6.06. The van der Waals surface area contributed by atoms with E-state index >= 15 is 0 Å². The van der Waals surface area contributed by atoms with Crippen LogP contribution in [0.3, 0.4) is 0 Å². The van der Waals surface area contributed by atoms with Crippen molar-refractivity contribution in [1.82, 2.24) is 4.98 Å². The lowest BCUT2D eigenvalue weighted by Gasteiger charge is -2.07. The molecule has 0 fully saturated rings. The number of anilines is 1. The van der Waals surface area contributed by atoms with Gasteiger partial charge in [-0.25, -0.2) is 4.98 Å². The summed E-state index contributed by atoms with van der Waals surface area (Å²) >= 11 is 13.6. The number of rotatable bonds is 4. The molecule has 28 heavy (non-hydrogen) atoms. The van der Waals surface area contributed by atoms with Crippen LogP contribution < -0.4 is 5.32 Å². The Balaban J connectivity index is 1.50. The van der Waals surface area contributed by atoms with E-state index in [1.165, 1.54) is 0 Å². The van der Waals surface area contributed by atoms with E-state index in [2.05, 4.69) is 5.32 Å². The van der Waals surface area contributed by atoms with Gasteiger partial charge in [-0.3, -0.25) is 4.79 Å². The van der Waals surface area contributed by atoms with Gasteiger partial charge < -0.3 is 5.32 Å². The zero-order valence-corrected chi connectivity index (χ0v) is 16.9. The zero-order chi connectivity index (χ0) is 19.5. The summed E-state index contributed by atoms with van der Waals surface area (Å²) < 4.78 is 0. The molecule has 3 aromatic carbocycles. The van der Waals surface area contributed by atoms with Crippen molar-refractivity contribution in [2.45, 2.75) is 0 Å². The molecule has 1 aromatic heterocycles. The summed E-state index contributed by atoms with van der Waals surface area (Å²) in [6, 6.07) is 22.4. The summed E-state index contributed by atoms with van der Waals surface area (Å²) in [6.07, 6.45) is 0. The molecule has 6 heteroatoms. The molecule has 0 saturated carbocycles. The average Bonchev–Trinajstić information content (AvgIpc) is 3.19. The Morgan fingerprint density at radius 2 is 1.64 bits per heavy atom. The van der Waals surface area contributed by atoms with Crippen LogP contribution in [-0.4, -0.2) is 10.9 Å². The fraction of sp³-hybridized carbons (Fsp3) is 0. The number of aromatic nitrogens is 1. The topological polar surface area (TPSA) is 42.0 Å². The molecule has 0 spiro atoms. The fourth-order valence-corrected chi connectivity index (χ4v) is 4.05. The number of halogens is 2. The molecule has 0 unspecified atom stereocenters. The van der Waals surface area contributed by atoms with Gasteiger partial charge in [-0.15, -0.1) is 11.3 Å². The van der Waals surface area contributed by atoms with Gasteiger partial charge in [0.05, 0.1) is 16.3 Å². The van der Waals surface area contributed by atoms with Gasteiger partial charge in [-0.1, -0.05) is 65.7 Å². The summed E-state index contributed by atoms with van der Waals surface area (Å²) in [6.45, 7) is 0. The Kier molecular flexibility index (Phi) is 5.44. The molecule has 0 radical (unpaired) electrons. The third kappa shape index (κ3) is 4.09. The van der Waals surface area contributed by atoms with Crippen molar-refractivity contribution >= 4 is 46.1 Å². The van der Waals surface area contributed by atoms with E-state index in [-0.39, 0.29) is 5.91 Å². The lowest BCUT2D eigenvalue weighted by molar-refractivity contribution is 0.102. The molecular formula is C22H14Cl2N2OS. The number of benzene rings is 3. The number of nitrogens with zero attached hydrogens (tertiary/aromatic N) is 1. The zero-order valence-electron chi connectivity index (χ0n) is 14.5. The molecule has 0 aliphatic carbocycles. The second kappa shape index (κ2) is 8.15. The summed E-state index contributed by atoms with van der Waals surface area (Å²) in [7, 11) is 0. The molecule has 4 rings (SSSR count). The highest BCUT2D eigenvalue weighted by Crippen LogP contribution is 2.29. The second-order valence-corrected chi connectivity index (χ2v) is 7.76. The molecule has 1 amide bonds. The van der Waals surface area contributed by atoms with Crippen LogP contribution in [0.5, 0.6) is 0 Å². The monoisotopic (exact) mass is 424 g/mol. The van der Waals surface area contributed by atoms with Crippen LogP contribution in [0, 0.1) is 0 Å². The highest BCUT2D eigenvalue weighted by molar-refractivity contribution is 7.13. The van der Waals surface area contributed by atoms with Crippen LogP contribution in [0.15, 0.2) is 78.2 Å². The van der Waals surface area contributed by atoms with E-state index < -0.39 is 0 Å². The van der Waals surface area contributed by atoms with Gasteiger partial charge in [0.15, 0.2) is 0 Å². The van der Waals surface area contributed by atoms with Crippen LogP contribution in [0.25, 0.3) is 21.8 Å². The van der Waals surface area contributed by atoms with Gasteiger partial charge in [0.25, 0.3) is 5.91 Å². The summed E-state index contributed by atoms with van der Waals surface area (Å²) in [5.41, 5.74) is 4.05. The molecule has 1 N–H and O–H groups in total. The Morgan fingerprint density at radius 1 is 0.893 bits per heavy atom. The highest BCUT2D eigenvalue weighted by atomic mass is 35.5. The van der Waals surface area contributed by atoms with Gasteiger partial charge in [0, 0.05) is 27.2 Å². The maximum Gasteiger partial charge on any atom is 0.257 e. The van der Waals surface area contributed by atoms with Gasteiger partial charge in [-0.05, 0) is 30.3 Å². The smallest absolute Gasteiger partial charge is 0.257 e. The summed E-state index contributed by atoms with van der Waals surface area (Å²) in [5, 5.41) is 6.66. The normalized spacial score (nSPS) is 10.6.